The molecule has 0 aromatic rings. The molecular formula is C13H20. The third-order valence-electron chi connectivity index (χ3n) is 4.44. The van der Waals surface area contributed by atoms with Crippen molar-refractivity contribution in [2.75, 3.05) is 0 Å². The fourth-order valence-electron chi connectivity index (χ4n) is 4.16. The summed E-state index contributed by atoms with van der Waals surface area (Å²) in [5, 5.41) is 0. The van der Waals surface area contributed by atoms with Crippen molar-refractivity contribution in [3.05, 3.63) is 11.8 Å². The molecule has 13 heavy (non-hydrogen) atoms. The van der Waals surface area contributed by atoms with E-state index in [1.54, 1.807) is 19.3 Å². The van der Waals surface area contributed by atoms with E-state index in [-0.39, 0.29) is 0 Å². The average Bonchev–Trinajstić information content (AvgIpc) is 2.10. The zero-order valence-corrected chi connectivity index (χ0v) is 8.68. The summed E-state index contributed by atoms with van der Waals surface area (Å²) in [6, 6.07) is 0. The normalized spacial score (nSPS) is 44.5. The minimum atomic E-state index is 1.04. The Morgan fingerprint density at radius 2 is 1.77 bits per heavy atom. The molecular weight excluding hydrogens is 156 g/mol. The fraction of sp³-hybridized carbons (Fsp3) is 0.846. The Morgan fingerprint density at radius 1 is 1.08 bits per heavy atom. The van der Waals surface area contributed by atoms with Gasteiger partial charge in [-0.3, -0.25) is 0 Å². The van der Waals surface area contributed by atoms with Crippen LogP contribution in [0, 0.1) is 29.6 Å². The van der Waals surface area contributed by atoms with E-state index < -0.39 is 0 Å². The molecule has 0 heteroatoms. The molecule has 0 aromatic heterocycles. The van der Waals surface area contributed by atoms with Crippen LogP contribution in [0.1, 0.15) is 51.9 Å². The molecule has 0 aromatic carbocycles. The van der Waals surface area contributed by atoms with Gasteiger partial charge in [-0.25, -0.2) is 0 Å². The molecule has 4 aliphatic rings. The Hall–Kier alpha value is 0. The van der Waals surface area contributed by atoms with Gasteiger partial charge in [0.1, 0.15) is 0 Å². The molecule has 0 heterocycles. The van der Waals surface area contributed by atoms with Gasteiger partial charge in [0.15, 0.2) is 0 Å². The lowest BCUT2D eigenvalue weighted by atomic mass is 9.51. The Morgan fingerprint density at radius 3 is 2.31 bits per heavy atom. The Balaban J connectivity index is 1.77. The quantitative estimate of drug-likeness (QED) is 0.600. The van der Waals surface area contributed by atoms with Crippen LogP contribution in [0.25, 0.3) is 0 Å². The Kier molecular flexibility index (Phi) is 1.92. The molecule has 2 atom stereocenters. The van der Waals surface area contributed by atoms with E-state index in [1.165, 1.54) is 25.7 Å². The van der Waals surface area contributed by atoms with Crippen LogP contribution < -0.4 is 0 Å². The van der Waals surface area contributed by atoms with Crippen molar-refractivity contribution < 1.29 is 0 Å². The number of hydrogen-bond acceptors (Lipinski definition) is 0. The van der Waals surface area contributed by atoms with E-state index >= 15 is 0 Å². The van der Waals surface area contributed by atoms with E-state index in [0.717, 1.165) is 17.8 Å². The first kappa shape index (κ1) is 8.32. The highest BCUT2D eigenvalue weighted by Crippen LogP contribution is 2.59. The highest BCUT2D eigenvalue weighted by molar-refractivity contribution is 5.28. The second-order valence-corrected chi connectivity index (χ2v) is 5.42. The van der Waals surface area contributed by atoms with Gasteiger partial charge in [-0.05, 0) is 68.1 Å². The molecule has 0 aliphatic heterocycles. The standard InChI is InChI=1S/C13H20/c1-2-3-13-11-5-9-4-10(7-11)8-12(13)6-9/h9-11H,2-8H2,1H3. The van der Waals surface area contributed by atoms with Crippen LogP contribution in [0.15, 0.2) is 0 Å². The molecule has 0 nitrogen and oxygen atoms in total. The number of hydrogen-bond donors (Lipinski definition) is 0. The van der Waals surface area contributed by atoms with Gasteiger partial charge < -0.3 is 0 Å². The maximum absolute atomic E-state index is 2.33. The van der Waals surface area contributed by atoms with Crippen LogP contribution in [0.4, 0.5) is 0 Å². The zero-order chi connectivity index (χ0) is 8.84. The molecule has 0 spiro atoms. The summed E-state index contributed by atoms with van der Waals surface area (Å²) in [7, 11) is 0. The predicted octanol–water partition coefficient (Wildman–Crippen LogP) is 3.78. The molecule has 0 saturated heterocycles. The molecule has 4 rings (SSSR count). The lowest BCUT2D eigenvalue weighted by Crippen LogP contribution is -2.42. The molecule has 4 fully saturated rings. The summed E-state index contributed by atoms with van der Waals surface area (Å²) >= 11 is 0. The minimum Gasteiger partial charge on any atom is -0.0654 e. The molecule has 2 unspecified atom stereocenters. The largest absolute Gasteiger partial charge is 0.0654 e. The Bertz CT molecular complexity index is 166. The molecule has 4 aliphatic carbocycles. The van der Waals surface area contributed by atoms with Crippen molar-refractivity contribution in [1.82, 2.24) is 0 Å². The van der Waals surface area contributed by atoms with Crippen molar-refractivity contribution in [1.29, 1.82) is 0 Å². The van der Waals surface area contributed by atoms with Gasteiger partial charge in [0.25, 0.3) is 0 Å². The van der Waals surface area contributed by atoms with Crippen molar-refractivity contribution in [3.8, 4) is 0 Å². The Labute approximate surface area is 82.1 Å². The summed E-state index contributed by atoms with van der Waals surface area (Å²) in [6.07, 6.45) is 10.4. The fourth-order valence-corrected chi connectivity index (χ4v) is 4.16. The van der Waals surface area contributed by atoms with Crippen LogP contribution in [0.3, 0.4) is 0 Å². The van der Waals surface area contributed by atoms with Gasteiger partial charge in [0.05, 0.1) is 0 Å². The smallest absolute Gasteiger partial charge is 0.0142 e. The van der Waals surface area contributed by atoms with Crippen LogP contribution in [0.2, 0.25) is 0 Å². The molecule has 2 radical (unpaired) electrons. The van der Waals surface area contributed by atoms with E-state index in [4.69, 9.17) is 0 Å². The van der Waals surface area contributed by atoms with Crippen LogP contribution in [-0.2, 0) is 0 Å². The van der Waals surface area contributed by atoms with Crippen molar-refractivity contribution in [3.63, 3.8) is 0 Å². The first-order valence-corrected chi connectivity index (χ1v) is 6.07. The second-order valence-electron chi connectivity index (χ2n) is 5.42. The van der Waals surface area contributed by atoms with E-state index in [1.807, 2.05) is 11.8 Å². The van der Waals surface area contributed by atoms with E-state index in [2.05, 4.69) is 6.92 Å². The summed E-state index contributed by atoms with van der Waals surface area (Å²) in [5.41, 5.74) is 0. The second kappa shape index (κ2) is 3.00. The molecule has 4 saturated carbocycles. The molecule has 0 amide bonds. The predicted molar refractivity (Wildman–Crippen MR) is 54.9 cm³/mol. The first-order valence-electron chi connectivity index (χ1n) is 6.07. The minimum absolute atomic E-state index is 1.04. The van der Waals surface area contributed by atoms with Gasteiger partial charge >= 0.3 is 0 Å². The van der Waals surface area contributed by atoms with Gasteiger partial charge in [-0.1, -0.05) is 13.3 Å². The zero-order valence-electron chi connectivity index (χ0n) is 8.68. The highest BCUT2D eigenvalue weighted by atomic mass is 14.5. The number of rotatable bonds is 2. The SMILES string of the molecule is CCC[C]1[C]2CC3CC(C2)CC1C3. The monoisotopic (exact) mass is 176 g/mol. The lowest BCUT2D eigenvalue weighted by Gasteiger charge is -2.54. The summed E-state index contributed by atoms with van der Waals surface area (Å²) in [5.74, 6) is 7.07. The third kappa shape index (κ3) is 1.25. The van der Waals surface area contributed by atoms with Gasteiger partial charge in [-0.15, -0.1) is 0 Å². The van der Waals surface area contributed by atoms with Gasteiger partial charge in [0.2, 0.25) is 0 Å². The van der Waals surface area contributed by atoms with Crippen molar-refractivity contribution in [2.24, 2.45) is 17.8 Å². The maximum atomic E-state index is 2.33. The molecule has 72 valence electrons. The average molecular weight is 176 g/mol. The molecule has 0 N–H and O–H groups in total. The highest BCUT2D eigenvalue weighted by Gasteiger charge is 2.47. The topological polar surface area (TPSA) is 0 Å². The van der Waals surface area contributed by atoms with Crippen LogP contribution in [0.5, 0.6) is 0 Å². The first-order chi connectivity index (χ1) is 6.36. The van der Waals surface area contributed by atoms with Crippen LogP contribution >= 0.6 is 0 Å². The molecule has 4 bridgehead atoms. The summed E-state index contributed by atoms with van der Waals surface area (Å²) in [4.78, 5) is 0. The lowest BCUT2D eigenvalue weighted by molar-refractivity contribution is 0.105. The van der Waals surface area contributed by atoms with Gasteiger partial charge in [0, 0.05) is 0 Å². The van der Waals surface area contributed by atoms with Gasteiger partial charge in [-0.2, -0.15) is 0 Å². The maximum Gasteiger partial charge on any atom is -0.0142 e. The summed E-state index contributed by atoms with van der Waals surface area (Å²) < 4.78 is 0. The van der Waals surface area contributed by atoms with Crippen molar-refractivity contribution >= 4 is 0 Å². The third-order valence-corrected chi connectivity index (χ3v) is 4.44. The van der Waals surface area contributed by atoms with E-state index in [0.29, 0.717) is 0 Å². The van der Waals surface area contributed by atoms with Crippen molar-refractivity contribution in [2.45, 2.75) is 51.9 Å². The summed E-state index contributed by atoms with van der Waals surface area (Å²) in [6.45, 7) is 2.33. The van der Waals surface area contributed by atoms with E-state index in [9.17, 15) is 0 Å². The van der Waals surface area contributed by atoms with Crippen LogP contribution in [-0.4, -0.2) is 0 Å².